The predicted molar refractivity (Wildman–Crippen MR) is 168 cm³/mol. The first kappa shape index (κ1) is 35.4. The average molecular weight is 682 g/mol. The van der Waals surface area contributed by atoms with Crippen LogP contribution >= 0.6 is 19.2 Å². The van der Waals surface area contributed by atoms with E-state index in [0.717, 1.165) is 22.4 Å². The van der Waals surface area contributed by atoms with Crippen LogP contribution in [0, 0.1) is 11.8 Å². The molecule has 46 heavy (non-hydrogen) atoms. The van der Waals surface area contributed by atoms with Crippen molar-refractivity contribution in [2.24, 2.45) is 17.0 Å². The summed E-state index contributed by atoms with van der Waals surface area (Å²) in [5, 5.41) is 4.36. The third-order valence-electron chi connectivity index (χ3n) is 7.01. The first-order valence-electron chi connectivity index (χ1n) is 14.6. The topological polar surface area (TPSA) is 193 Å². The number of nitrogens with one attached hydrogen (secondary N) is 1. The number of halogens is 1. The van der Waals surface area contributed by atoms with E-state index in [2.05, 4.69) is 21.3 Å². The van der Waals surface area contributed by atoms with Gasteiger partial charge in [0.05, 0.1) is 19.3 Å². The molecule has 2 unspecified atom stereocenters. The van der Waals surface area contributed by atoms with Crippen molar-refractivity contribution in [3.05, 3.63) is 78.4 Å². The Morgan fingerprint density at radius 2 is 1.89 bits per heavy atom. The highest BCUT2D eigenvalue weighted by Gasteiger charge is 2.61. The van der Waals surface area contributed by atoms with Crippen molar-refractivity contribution in [2.75, 3.05) is 13.2 Å². The standard InChI is InChI=1S/C29H37ClN5O10P/c1-17(2)13-23(37)42-25-26(43-24(38)14-18(3)4)29(33-34-31,44-27(25)35-11-9-22(36)32-28(35)39)16-41-46(5)40-12-10-21(45-46)19-7-6-8-20(30)15-19/h6-9,11,15,17-18,21,25-27H,5,10,12-14,16H2,1-4H3,(H,32,36,39)/t21-,25+,26-,27?,29+,46?/m0/s1. The van der Waals surface area contributed by atoms with Crippen molar-refractivity contribution >= 4 is 37.4 Å². The molecule has 0 amide bonds. The van der Waals surface area contributed by atoms with E-state index in [1.807, 2.05) is 6.07 Å². The second-order valence-electron chi connectivity index (χ2n) is 11.8. The molecule has 17 heteroatoms. The third kappa shape index (κ3) is 8.68. The molecule has 6 atom stereocenters. The molecule has 1 aromatic heterocycles. The van der Waals surface area contributed by atoms with Crippen molar-refractivity contribution < 1.29 is 37.4 Å². The fourth-order valence-corrected chi connectivity index (χ4v) is 6.77. The summed E-state index contributed by atoms with van der Waals surface area (Å²) in [6.45, 7) is 6.75. The maximum absolute atomic E-state index is 13.1. The van der Waals surface area contributed by atoms with Gasteiger partial charge in [-0.2, -0.15) is 0 Å². The van der Waals surface area contributed by atoms with E-state index in [-0.39, 0.29) is 31.3 Å². The van der Waals surface area contributed by atoms with Crippen LogP contribution in [-0.4, -0.2) is 58.9 Å². The van der Waals surface area contributed by atoms with Crippen LogP contribution < -0.4 is 11.2 Å². The highest BCUT2D eigenvalue weighted by atomic mass is 35.5. The number of rotatable bonds is 12. The zero-order valence-corrected chi connectivity index (χ0v) is 27.5. The van der Waals surface area contributed by atoms with Gasteiger partial charge in [0.15, 0.2) is 18.4 Å². The maximum Gasteiger partial charge on any atom is 0.330 e. The molecule has 250 valence electrons. The van der Waals surface area contributed by atoms with E-state index < -0.39 is 67.6 Å². The summed E-state index contributed by atoms with van der Waals surface area (Å²) in [4.78, 5) is 55.9. The zero-order valence-electron chi connectivity index (χ0n) is 25.9. The monoisotopic (exact) mass is 681 g/mol. The van der Waals surface area contributed by atoms with Gasteiger partial charge in [0, 0.05) is 41.5 Å². The van der Waals surface area contributed by atoms with E-state index in [4.69, 9.17) is 39.4 Å². The minimum absolute atomic E-state index is 0.0263. The molecule has 2 aromatic rings. The number of benzene rings is 1. The van der Waals surface area contributed by atoms with Gasteiger partial charge in [0.1, 0.15) is 0 Å². The molecule has 0 spiro atoms. The summed E-state index contributed by atoms with van der Waals surface area (Å²) < 4.78 is 36.8. The van der Waals surface area contributed by atoms with Crippen molar-refractivity contribution in [1.29, 1.82) is 0 Å². The SMILES string of the molecule is C=P1(OC[C@@]2(N=[N+]=[N-])OC(n3ccc(=O)[nH]c3=O)[C@H](OC(=O)CC(C)C)[C@@H]2OC(=O)CC(C)C)OCC[C@@H](c2cccc(Cl)c2)O1. The molecule has 1 N–H and O–H groups in total. The number of aromatic amines is 1. The minimum Gasteiger partial charge on any atom is -0.455 e. The van der Waals surface area contributed by atoms with E-state index in [9.17, 15) is 24.7 Å². The number of carbonyl (C=O) groups excluding carboxylic acids is 2. The molecule has 0 radical (unpaired) electrons. The van der Waals surface area contributed by atoms with E-state index in [1.54, 1.807) is 45.9 Å². The molecular formula is C29H37ClN5O10P. The number of nitrogens with zero attached hydrogens (tertiary/aromatic N) is 4. The minimum atomic E-state index is -3.40. The lowest BCUT2D eigenvalue weighted by Gasteiger charge is -2.37. The molecule has 2 aliphatic heterocycles. The second kappa shape index (κ2) is 15.0. The Morgan fingerprint density at radius 1 is 1.20 bits per heavy atom. The maximum atomic E-state index is 13.1. The number of carbonyl (C=O) groups is 2. The van der Waals surface area contributed by atoms with Crippen LogP contribution in [0.4, 0.5) is 0 Å². The number of azide groups is 1. The van der Waals surface area contributed by atoms with Gasteiger partial charge in [-0.15, -0.1) is 0 Å². The van der Waals surface area contributed by atoms with Gasteiger partial charge in [0.25, 0.3) is 13.1 Å². The Labute approximate surface area is 269 Å². The summed E-state index contributed by atoms with van der Waals surface area (Å²) in [5.74, 6) is -1.65. The summed E-state index contributed by atoms with van der Waals surface area (Å²) in [6, 6.07) is 8.14. The van der Waals surface area contributed by atoms with Gasteiger partial charge < -0.3 is 27.8 Å². The molecule has 0 saturated carbocycles. The van der Waals surface area contributed by atoms with Gasteiger partial charge in [0.2, 0.25) is 5.72 Å². The lowest BCUT2D eigenvalue weighted by molar-refractivity contribution is -0.174. The Balaban J connectivity index is 1.75. The Kier molecular flexibility index (Phi) is 11.5. The molecule has 4 rings (SSSR count). The zero-order chi connectivity index (χ0) is 33.6. The van der Waals surface area contributed by atoms with Crippen molar-refractivity contribution in [3.8, 4) is 0 Å². The molecule has 0 bridgehead atoms. The summed E-state index contributed by atoms with van der Waals surface area (Å²) in [7, 11) is -3.40. The fourth-order valence-electron chi connectivity index (χ4n) is 5.00. The van der Waals surface area contributed by atoms with Gasteiger partial charge >= 0.3 is 17.6 Å². The normalized spacial score (nSPS) is 27.7. The van der Waals surface area contributed by atoms with Crippen LogP contribution in [-0.2, 0) is 37.4 Å². The van der Waals surface area contributed by atoms with Gasteiger partial charge in [-0.1, -0.05) is 56.5 Å². The molecule has 2 fully saturated rings. The lowest BCUT2D eigenvalue weighted by atomic mass is 10.0. The van der Waals surface area contributed by atoms with Crippen molar-refractivity contribution in [2.45, 2.75) is 77.2 Å². The Hall–Kier alpha value is -3.42. The third-order valence-corrected chi connectivity index (χ3v) is 8.92. The van der Waals surface area contributed by atoms with E-state index >= 15 is 0 Å². The first-order chi connectivity index (χ1) is 21.7. The van der Waals surface area contributed by atoms with Gasteiger partial charge in [-0.3, -0.25) is 23.9 Å². The highest BCUT2D eigenvalue weighted by Crippen LogP contribution is 2.58. The number of esters is 2. The quantitative estimate of drug-likeness (QED) is 0.104. The first-order valence-corrected chi connectivity index (χ1v) is 16.8. The van der Waals surface area contributed by atoms with Crippen LogP contribution in [0.3, 0.4) is 0 Å². The Morgan fingerprint density at radius 3 is 2.52 bits per heavy atom. The molecule has 1 aromatic carbocycles. The summed E-state index contributed by atoms with van der Waals surface area (Å²) >= 11 is 6.18. The second-order valence-corrected chi connectivity index (χ2v) is 14.2. The highest BCUT2D eigenvalue weighted by molar-refractivity contribution is 7.59. The van der Waals surface area contributed by atoms with Crippen LogP contribution in [0.25, 0.3) is 10.4 Å². The van der Waals surface area contributed by atoms with Crippen molar-refractivity contribution in [3.63, 3.8) is 0 Å². The molecule has 2 aliphatic rings. The summed E-state index contributed by atoms with van der Waals surface area (Å²) in [6.07, 6.45) is 0.403. The molecule has 15 nitrogen and oxygen atoms in total. The van der Waals surface area contributed by atoms with Crippen LogP contribution in [0.1, 0.15) is 64.9 Å². The average Bonchev–Trinajstić information content (AvgIpc) is 3.23. The van der Waals surface area contributed by atoms with Crippen molar-refractivity contribution in [1.82, 2.24) is 9.55 Å². The van der Waals surface area contributed by atoms with Gasteiger partial charge in [-0.25, -0.2) is 4.79 Å². The fraction of sp³-hybridized carbons (Fsp3) is 0.552. The van der Waals surface area contributed by atoms with Crippen LogP contribution in [0.2, 0.25) is 5.02 Å². The van der Waals surface area contributed by atoms with Crippen LogP contribution in [0.5, 0.6) is 0 Å². The Bertz CT molecular complexity index is 1640. The van der Waals surface area contributed by atoms with Crippen LogP contribution in [0.15, 0.2) is 51.2 Å². The molecular weight excluding hydrogens is 645 g/mol. The molecule has 2 saturated heterocycles. The number of aromatic nitrogens is 2. The largest absolute Gasteiger partial charge is 0.455 e. The number of hydrogen-bond donors (Lipinski definition) is 1. The molecule has 3 heterocycles. The van der Waals surface area contributed by atoms with E-state index in [1.165, 1.54) is 0 Å². The smallest absolute Gasteiger partial charge is 0.330 e. The number of H-pyrrole nitrogens is 1. The van der Waals surface area contributed by atoms with Gasteiger partial charge in [-0.05, 0) is 41.4 Å². The number of hydrogen-bond acceptors (Lipinski definition) is 11. The predicted octanol–water partition coefficient (Wildman–Crippen LogP) is 5.03. The number of ether oxygens (including phenoxy) is 3. The molecule has 0 aliphatic carbocycles. The summed E-state index contributed by atoms with van der Waals surface area (Å²) in [5.41, 5.74) is 6.66. The van der Waals surface area contributed by atoms with E-state index in [0.29, 0.717) is 11.4 Å². The lowest BCUT2D eigenvalue weighted by Crippen LogP contribution is -2.49.